The minimum Gasteiger partial charge on any atom is -0.486 e. The number of ether oxygens (including phenoxy) is 2. The van der Waals surface area contributed by atoms with E-state index in [0.29, 0.717) is 36.0 Å². The van der Waals surface area contributed by atoms with Gasteiger partial charge in [0.1, 0.15) is 13.2 Å². The molecule has 6 heteroatoms. The van der Waals surface area contributed by atoms with Crippen LogP contribution < -0.4 is 20.1 Å². The predicted molar refractivity (Wildman–Crippen MR) is 115 cm³/mol. The van der Waals surface area contributed by atoms with Crippen molar-refractivity contribution in [3.05, 3.63) is 53.6 Å². The van der Waals surface area contributed by atoms with Crippen molar-refractivity contribution < 1.29 is 19.1 Å². The van der Waals surface area contributed by atoms with Gasteiger partial charge in [-0.1, -0.05) is 25.3 Å². The van der Waals surface area contributed by atoms with Crippen molar-refractivity contribution in [1.29, 1.82) is 0 Å². The van der Waals surface area contributed by atoms with Crippen molar-refractivity contribution in [1.82, 2.24) is 5.32 Å². The number of carbonyl (C=O) groups is 2. The maximum atomic E-state index is 12.7. The first kappa shape index (κ1) is 20.3. The summed E-state index contributed by atoms with van der Waals surface area (Å²) in [5.74, 6) is 0.858. The van der Waals surface area contributed by atoms with Gasteiger partial charge in [-0.15, -0.1) is 0 Å². The number of benzene rings is 2. The number of nitrogens with one attached hydrogen (secondary N) is 2. The maximum absolute atomic E-state index is 12.7. The molecule has 1 heterocycles. The summed E-state index contributed by atoms with van der Waals surface area (Å²) in [6.07, 6.45) is 5.72. The van der Waals surface area contributed by atoms with E-state index in [9.17, 15) is 9.59 Å². The Morgan fingerprint density at radius 1 is 0.933 bits per heavy atom. The second-order valence-corrected chi connectivity index (χ2v) is 8.00. The third kappa shape index (κ3) is 4.75. The summed E-state index contributed by atoms with van der Waals surface area (Å²) in [5, 5.41) is 6.04. The zero-order valence-electron chi connectivity index (χ0n) is 17.3. The summed E-state index contributed by atoms with van der Waals surface area (Å²) in [6, 6.07) is 12.9. The molecule has 1 atom stereocenters. The standard InChI is InChI=1S/C24H28N2O4/c1-16(18-9-12-21-22(15-18)30-14-13-29-21)23(27)25-20-10-7-17(8-11-20)24(28)26-19-5-3-2-4-6-19/h7-12,15-16,19H,2-6,13-14H2,1H3,(H,25,27)(H,26,28). The van der Waals surface area contributed by atoms with Gasteiger partial charge in [-0.2, -0.15) is 0 Å². The average Bonchev–Trinajstić information content (AvgIpc) is 2.79. The van der Waals surface area contributed by atoms with E-state index >= 15 is 0 Å². The van der Waals surface area contributed by atoms with E-state index in [-0.39, 0.29) is 23.8 Å². The van der Waals surface area contributed by atoms with Crippen LogP contribution >= 0.6 is 0 Å². The number of amides is 2. The fraction of sp³-hybridized carbons (Fsp3) is 0.417. The molecule has 4 rings (SSSR count). The maximum Gasteiger partial charge on any atom is 0.251 e. The second kappa shape index (κ2) is 9.20. The van der Waals surface area contributed by atoms with Crippen LogP contribution in [0.1, 0.15) is 60.9 Å². The molecule has 0 bridgehead atoms. The molecule has 0 saturated heterocycles. The zero-order valence-corrected chi connectivity index (χ0v) is 17.3. The van der Waals surface area contributed by atoms with Crippen molar-refractivity contribution >= 4 is 17.5 Å². The highest BCUT2D eigenvalue weighted by Crippen LogP contribution is 2.33. The number of hydrogen-bond acceptors (Lipinski definition) is 4. The molecule has 6 nitrogen and oxygen atoms in total. The molecular weight excluding hydrogens is 380 g/mol. The van der Waals surface area contributed by atoms with Gasteiger partial charge in [0.15, 0.2) is 11.5 Å². The summed E-state index contributed by atoms with van der Waals surface area (Å²) in [5.41, 5.74) is 2.14. The van der Waals surface area contributed by atoms with Crippen LogP contribution in [0.2, 0.25) is 0 Å². The molecule has 0 radical (unpaired) electrons. The number of rotatable bonds is 5. The van der Waals surface area contributed by atoms with Crippen LogP contribution in [0.4, 0.5) is 5.69 Å². The lowest BCUT2D eigenvalue weighted by molar-refractivity contribution is -0.117. The predicted octanol–water partition coefficient (Wildman–Crippen LogP) is 4.26. The molecule has 0 spiro atoms. The second-order valence-electron chi connectivity index (χ2n) is 8.00. The van der Waals surface area contributed by atoms with E-state index in [2.05, 4.69) is 10.6 Å². The Kier molecular flexibility index (Phi) is 6.21. The fourth-order valence-corrected chi connectivity index (χ4v) is 3.95. The summed E-state index contributed by atoms with van der Waals surface area (Å²) in [6.45, 7) is 2.90. The molecule has 2 aliphatic rings. The Morgan fingerprint density at radius 2 is 1.63 bits per heavy atom. The molecule has 0 aromatic heterocycles. The number of fused-ring (bicyclic) bond motifs is 1. The number of hydrogen-bond donors (Lipinski definition) is 2. The highest BCUT2D eigenvalue weighted by Gasteiger charge is 2.20. The topological polar surface area (TPSA) is 76.7 Å². The molecule has 2 aromatic carbocycles. The fourth-order valence-electron chi connectivity index (χ4n) is 3.95. The quantitative estimate of drug-likeness (QED) is 0.775. The van der Waals surface area contributed by atoms with Crippen LogP contribution in [0.15, 0.2) is 42.5 Å². The van der Waals surface area contributed by atoms with Gasteiger partial charge in [0.25, 0.3) is 5.91 Å². The molecule has 1 aliphatic carbocycles. The summed E-state index contributed by atoms with van der Waals surface area (Å²) < 4.78 is 11.1. The lowest BCUT2D eigenvalue weighted by Crippen LogP contribution is -2.36. The van der Waals surface area contributed by atoms with E-state index in [1.54, 1.807) is 24.3 Å². The highest BCUT2D eigenvalue weighted by atomic mass is 16.6. The van der Waals surface area contributed by atoms with Gasteiger partial charge in [-0.3, -0.25) is 9.59 Å². The monoisotopic (exact) mass is 408 g/mol. The Bertz CT molecular complexity index is 904. The van der Waals surface area contributed by atoms with Crippen LogP contribution in [-0.2, 0) is 4.79 Å². The molecule has 2 aromatic rings. The van der Waals surface area contributed by atoms with Crippen LogP contribution in [0.25, 0.3) is 0 Å². The van der Waals surface area contributed by atoms with E-state index in [1.807, 2.05) is 25.1 Å². The first-order chi connectivity index (χ1) is 14.6. The molecule has 1 aliphatic heterocycles. The van der Waals surface area contributed by atoms with Gasteiger partial charge in [0.05, 0.1) is 5.92 Å². The zero-order chi connectivity index (χ0) is 20.9. The molecule has 1 unspecified atom stereocenters. The molecule has 1 saturated carbocycles. The van der Waals surface area contributed by atoms with Crippen molar-refractivity contribution in [2.45, 2.75) is 51.0 Å². The van der Waals surface area contributed by atoms with Crippen molar-refractivity contribution in [3.63, 3.8) is 0 Å². The molecule has 1 fully saturated rings. The van der Waals surface area contributed by atoms with E-state index < -0.39 is 0 Å². The molecule has 2 amide bonds. The normalized spacial score (nSPS) is 17.1. The SMILES string of the molecule is CC(C(=O)Nc1ccc(C(=O)NC2CCCCC2)cc1)c1ccc2c(c1)OCCO2. The first-order valence-electron chi connectivity index (χ1n) is 10.7. The van der Waals surface area contributed by atoms with Gasteiger partial charge < -0.3 is 20.1 Å². The van der Waals surface area contributed by atoms with Gasteiger partial charge in [0, 0.05) is 17.3 Å². The lowest BCUT2D eigenvalue weighted by atomic mass is 9.95. The van der Waals surface area contributed by atoms with E-state index in [1.165, 1.54) is 19.3 Å². The minimum atomic E-state index is -0.352. The third-order valence-electron chi connectivity index (χ3n) is 5.81. The van der Waals surface area contributed by atoms with Crippen LogP contribution in [0.3, 0.4) is 0 Å². The minimum absolute atomic E-state index is 0.0515. The Morgan fingerprint density at radius 3 is 2.37 bits per heavy atom. The smallest absolute Gasteiger partial charge is 0.251 e. The third-order valence-corrected chi connectivity index (χ3v) is 5.81. The lowest BCUT2D eigenvalue weighted by Gasteiger charge is -2.22. The summed E-state index contributed by atoms with van der Waals surface area (Å²) in [4.78, 5) is 25.1. The number of carbonyl (C=O) groups excluding carboxylic acids is 2. The van der Waals surface area contributed by atoms with Crippen LogP contribution in [0.5, 0.6) is 11.5 Å². The van der Waals surface area contributed by atoms with Gasteiger partial charge in [-0.05, 0) is 61.7 Å². The van der Waals surface area contributed by atoms with Crippen molar-refractivity contribution in [2.24, 2.45) is 0 Å². The Hall–Kier alpha value is -3.02. The van der Waals surface area contributed by atoms with Crippen molar-refractivity contribution in [3.8, 4) is 11.5 Å². The Labute approximate surface area is 177 Å². The molecular formula is C24H28N2O4. The van der Waals surface area contributed by atoms with Gasteiger partial charge >= 0.3 is 0 Å². The summed E-state index contributed by atoms with van der Waals surface area (Å²) in [7, 11) is 0. The van der Waals surface area contributed by atoms with Gasteiger partial charge in [-0.25, -0.2) is 0 Å². The first-order valence-corrected chi connectivity index (χ1v) is 10.7. The van der Waals surface area contributed by atoms with E-state index in [0.717, 1.165) is 18.4 Å². The number of anilines is 1. The summed E-state index contributed by atoms with van der Waals surface area (Å²) >= 11 is 0. The Balaban J connectivity index is 1.35. The highest BCUT2D eigenvalue weighted by molar-refractivity contribution is 5.97. The van der Waals surface area contributed by atoms with Crippen LogP contribution in [-0.4, -0.2) is 31.1 Å². The molecule has 2 N–H and O–H groups in total. The average molecular weight is 408 g/mol. The van der Waals surface area contributed by atoms with Crippen LogP contribution in [0, 0.1) is 0 Å². The largest absolute Gasteiger partial charge is 0.486 e. The molecule has 158 valence electrons. The van der Waals surface area contributed by atoms with E-state index in [4.69, 9.17) is 9.47 Å². The molecule has 30 heavy (non-hydrogen) atoms. The van der Waals surface area contributed by atoms with Crippen molar-refractivity contribution in [2.75, 3.05) is 18.5 Å². The van der Waals surface area contributed by atoms with Gasteiger partial charge in [0.2, 0.25) is 5.91 Å².